The Morgan fingerprint density at radius 3 is 2.94 bits per heavy atom. The van der Waals surface area contributed by atoms with Gasteiger partial charge in [-0.05, 0) is 12.1 Å². The minimum absolute atomic E-state index is 0.116. The van der Waals surface area contributed by atoms with Crippen molar-refractivity contribution in [3.63, 3.8) is 0 Å². The van der Waals surface area contributed by atoms with Gasteiger partial charge < -0.3 is 0 Å². The minimum atomic E-state index is -0.116. The van der Waals surface area contributed by atoms with Gasteiger partial charge in [0.05, 0.1) is 5.69 Å². The van der Waals surface area contributed by atoms with E-state index in [1.54, 1.807) is 12.3 Å². The van der Waals surface area contributed by atoms with Gasteiger partial charge in [-0.1, -0.05) is 28.1 Å². The Kier molecular flexibility index (Phi) is 2.33. The fourth-order valence-corrected chi connectivity index (χ4v) is 2.12. The smallest absolute Gasteiger partial charge is 0.273 e. The SMILES string of the molecule is O=c1cc(-c2cccc(Br)c2)nc2cc[nH]n12. The number of aromatic nitrogens is 3. The Bertz CT molecular complexity index is 745. The van der Waals surface area contributed by atoms with Gasteiger partial charge in [-0.3, -0.25) is 9.89 Å². The molecule has 17 heavy (non-hydrogen) atoms. The Hall–Kier alpha value is -1.88. The quantitative estimate of drug-likeness (QED) is 0.748. The molecule has 3 aromatic rings. The van der Waals surface area contributed by atoms with E-state index in [0.29, 0.717) is 11.3 Å². The fourth-order valence-electron chi connectivity index (χ4n) is 1.72. The van der Waals surface area contributed by atoms with Crippen molar-refractivity contribution in [2.24, 2.45) is 0 Å². The highest BCUT2D eigenvalue weighted by atomic mass is 79.9. The van der Waals surface area contributed by atoms with Crippen molar-refractivity contribution in [2.45, 2.75) is 0 Å². The molecule has 0 aliphatic rings. The molecule has 5 heteroatoms. The molecule has 0 radical (unpaired) electrons. The molecule has 0 spiro atoms. The lowest BCUT2D eigenvalue weighted by Crippen LogP contribution is -2.13. The topological polar surface area (TPSA) is 50.2 Å². The molecule has 0 fully saturated rings. The summed E-state index contributed by atoms with van der Waals surface area (Å²) >= 11 is 3.40. The van der Waals surface area contributed by atoms with Crippen molar-refractivity contribution in [3.8, 4) is 11.3 Å². The number of benzene rings is 1. The maximum Gasteiger partial charge on any atom is 0.273 e. The molecule has 0 atom stereocenters. The van der Waals surface area contributed by atoms with Gasteiger partial charge in [-0.25, -0.2) is 9.50 Å². The van der Waals surface area contributed by atoms with Crippen LogP contribution in [0.4, 0.5) is 0 Å². The molecule has 0 saturated heterocycles. The molecule has 0 amide bonds. The Morgan fingerprint density at radius 2 is 2.12 bits per heavy atom. The number of nitrogens with one attached hydrogen (secondary N) is 1. The highest BCUT2D eigenvalue weighted by Gasteiger charge is 2.05. The molecule has 3 rings (SSSR count). The molecular weight excluding hydrogens is 282 g/mol. The summed E-state index contributed by atoms with van der Waals surface area (Å²) in [6, 6.07) is 11.0. The van der Waals surface area contributed by atoms with Crippen LogP contribution in [-0.4, -0.2) is 14.6 Å². The summed E-state index contributed by atoms with van der Waals surface area (Å²) < 4.78 is 2.37. The van der Waals surface area contributed by atoms with Crippen LogP contribution in [0.5, 0.6) is 0 Å². The van der Waals surface area contributed by atoms with E-state index in [9.17, 15) is 4.79 Å². The number of H-pyrrole nitrogens is 1. The van der Waals surface area contributed by atoms with Crippen molar-refractivity contribution < 1.29 is 0 Å². The Morgan fingerprint density at radius 1 is 1.24 bits per heavy atom. The van der Waals surface area contributed by atoms with Gasteiger partial charge >= 0.3 is 0 Å². The van der Waals surface area contributed by atoms with Crippen LogP contribution in [-0.2, 0) is 0 Å². The van der Waals surface area contributed by atoms with Crippen LogP contribution in [0.3, 0.4) is 0 Å². The van der Waals surface area contributed by atoms with Crippen LogP contribution < -0.4 is 5.56 Å². The predicted octanol–water partition coefficient (Wildman–Crippen LogP) is 2.45. The second kappa shape index (κ2) is 3.85. The molecule has 84 valence electrons. The first-order valence-corrected chi connectivity index (χ1v) is 5.86. The zero-order valence-corrected chi connectivity index (χ0v) is 10.3. The first kappa shape index (κ1) is 10.3. The standard InChI is InChI=1S/C12H8BrN3O/c13-9-3-1-2-8(6-9)10-7-12(17)16-11(15-10)4-5-14-16/h1-7,14H. The molecule has 0 saturated carbocycles. The second-order valence-corrected chi connectivity index (χ2v) is 4.56. The van der Waals surface area contributed by atoms with Crippen molar-refractivity contribution in [1.82, 2.24) is 14.6 Å². The number of hydrogen-bond donors (Lipinski definition) is 1. The van der Waals surface area contributed by atoms with Crippen molar-refractivity contribution in [2.75, 3.05) is 0 Å². The van der Waals surface area contributed by atoms with E-state index in [1.807, 2.05) is 24.3 Å². The van der Waals surface area contributed by atoms with Gasteiger partial charge in [0.1, 0.15) is 0 Å². The zero-order chi connectivity index (χ0) is 11.8. The number of halogens is 1. The van der Waals surface area contributed by atoms with Crippen LogP contribution in [0.2, 0.25) is 0 Å². The van der Waals surface area contributed by atoms with E-state index in [1.165, 1.54) is 10.6 Å². The molecule has 1 aromatic carbocycles. The van der Waals surface area contributed by atoms with E-state index in [-0.39, 0.29) is 5.56 Å². The van der Waals surface area contributed by atoms with E-state index >= 15 is 0 Å². The van der Waals surface area contributed by atoms with Crippen molar-refractivity contribution in [3.05, 3.63) is 57.4 Å². The summed E-state index contributed by atoms with van der Waals surface area (Å²) in [5.41, 5.74) is 2.10. The van der Waals surface area contributed by atoms with Crippen LogP contribution in [0.25, 0.3) is 16.9 Å². The molecular formula is C12H8BrN3O. The maximum absolute atomic E-state index is 11.8. The summed E-state index contributed by atoms with van der Waals surface area (Å²) in [5.74, 6) is 0. The predicted molar refractivity (Wildman–Crippen MR) is 68.9 cm³/mol. The highest BCUT2D eigenvalue weighted by molar-refractivity contribution is 9.10. The third kappa shape index (κ3) is 1.78. The Balaban J connectivity index is 2.27. The lowest BCUT2D eigenvalue weighted by Gasteiger charge is -2.01. The number of aromatic amines is 1. The lowest BCUT2D eigenvalue weighted by molar-refractivity contribution is 0.901. The van der Waals surface area contributed by atoms with E-state index < -0.39 is 0 Å². The number of fused-ring (bicyclic) bond motifs is 1. The maximum atomic E-state index is 11.8. The third-order valence-electron chi connectivity index (χ3n) is 2.50. The summed E-state index contributed by atoms with van der Waals surface area (Å²) in [7, 11) is 0. The molecule has 0 unspecified atom stereocenters. The van der Waals surface area contributed by atoms with Crippen LogP contribution in [0, 0.1) is 0 Å². The molecule has 2 aromatic heterocycles. The molecule has 0 aliphatic heterocycles. The molecule has 0 aliphatic carbocycles. The van der Waals surface area contributed by atoms with Gasteiger partial charge in [-0.15, -0.1) is 0 Å². The summed E-state index contributed by atoms with van der Waals surface area (Å²) in [5, 5.41) is 2.81. The van der Waals surface area contributed by atoms with E-state index in [4.69, 9.17) is 0 Å². The second-order valence-electron chi connectivity index (χ2n) is 3.65. The number of hydrogen-bond acceptors (Lipinski definition) is 2. The first-order valence-electron chi connectivity index (χ1n) is 5.07. The van der Waals surface area contributed by atoms with E-state index in [2.05, 4.69) is 26.0 Å². The fraction of sp³-hybridized carbons (Fsp3) is 0. The largest absolute Gasteiger partial charge is 0.297 e. The molecule has 0 bridgehead atoms. The first-order chi connectivity index (χ1) is 8.24. The van der Waals surface area contributed by atoms with E-state index in [0.717, 1.165) is 10.0 Å². The average Bonchev–Trinajstić information content (AvgIpc) is 2.77. The number of rotatable bonds is 1. The minimum Gasteiger partial charge on any atom is -0.297 e. The van der Waals surface area contributed by atoms with Gasteiger partial charge in [-0.2, -0.15) is 0 Å². The van der Waals surface area contributed by atoms with Crippen LogP contribution in [0.1, 0.15) is 0 Å². The van der Waals surface area contributed by atoms with Crippen molar-refractivity contribution >= 4 is 21.6 Å². The summed E-state index contributed by atoms with van der Waals surface area (Å²) in [4.78, 5) is 16.2. The third-order valence-corrected chi connectivity index (χ3v) is 2.99. The Labute approximate surface area is 105 Å². The summed E-state index contributed by atoms with van der Waals surface area (Å²) in [6.45, 7) is 0. The average molecular weight is 290 g/mol. The van der Waals surface area contributed by atoms with Crippen LogP contribution >= 0.6 is 15.9 Å². The molecule has 4 nitrogen and oxygen atoms in total. The summed E-state index contributed by atoms with van der Waals surface area (Å²) in [6.07, 6.45) is 1.69. The van der Waals surface area contributed by atoms with Gasteiger partial charge in [0.2, 0.25) is 0 Å². The van der Waals surface area contributed by atoms with Crippen LogP contribution in [0.15, 0.2) is 51.9 Å². The molecule has 1 N–H and O–H groups in total. The number of nitrogens with zero attached hydrogens (tertiary/aromatic N) is 2. The normalized spacial score (nSPS) is 10.9. The molecule has 2 heterocycles. The monoisotopic (exact) mass is 289 g/mol. The van der Waals surface area contributed by atoms with Gasteiger partial charge in [0.15, 0.2) is 5.65 Å². The lowest BCUT2D eigenvalue weighted by atomic mass is 10.1. The van der Waals surface area contributed by atoms with Gasteiger partial charge in [0.25, 0.3) is 5.56 Å². The van der Waals surface area contributed by atoms with Crippen molar-refractivity contribution in [1.29, 1.82) is 0 Å². The zero-order valence-electron chi connectivity index (χ0n) is 8.72. The highest BCUT2D eigenvalue weighted by Crippen LogP contribution is 2.20. The van der Waals surface area contributed by atoms with Gasteiger partial charge in [0, 0.05) is 28.4 Å².